The van der Waals surface area contributed by atoms with Crippen LogP contribution in [0.15, 0.2) is 0 Å². The van der Waals surface area contributed by atoms with E-state index in [1.165, 1.54) is 0 Å². The highest BCUT2D eigenvalue weighted by Gasteiger charge is 2.48. The summed E-state index contributed by atoms with van der Waals surface area (Å²) < 4.78 is 16.3. The third kappa shape index (κ3) is 3.65. The van der Waals surface area contributed by atoms with E-state index in [0.717, 1.165) is 0 Å². The van der Waals surface area contributed by atoms with Crippen molar-refractivity contribution in [2.45, 2.75) is 61.3 Å². The van der Waals surface area contributed by atoms with E-state index in [4.69, 9.17) is 37.1 Å². The zero-order chi connectivity index (χ0) is 17.3. The molecule has 0 spiro atoms. The van der Waals surface area contributed by atoms with Crippen LogP contribution in [0.5, 0.6) is 0 Å². The molecular formula is C12H26N4O7. The maximum absolute atomic E-state index is 9.93. The molecule has 0 aliphatic carbocycles. The second-order valence-corrected chi connectivity index (χ2v) is 5.81. The fourth-order valence-electron chi connectivity index (χ4n) is 2.67. The molecule has 2 saturated heterocycles. The highest BCUT2D eigenvalue weighted by atomic mass is 16.8. The van der Waals surface area contributed by atoms with Crippen LogP contribution in [0, 0.1) is 0 Å². The molecule has 2 rings (SSSR count). The van der Waals surface area contributed by atoms with Crippen LogP contribution in [0.25, 0.3) is 0 Å². The Bertz CT molecular complexity index is 354. The lowest BCUT2D eigenvalue weighted by Gasteiger charge is -2.45. The van der Waals surface area contributed by atoms with E-state index in [0.29, 0.717) is 0 Å². The topological polar surface area (TPSA) is 213 Å². The van der Waals surface area contributed by atoms with Gasteiger partial charge in [0.2, 0.25) is 0 Å². The predicted octanol–water partition coefficient (Wildman–Crippen LogP) is -5.53. The maximum atomic E-state index is 9.93. The largest absolute Gasteiger partial charge is 0.388 e. The first-order chi connectivity index (χ1) is 10.8. The van der Waals surface area contributed by atoms with Crippen LogP contribution in [0.4, 0.5) is 0 Å². The van der Waals surface area contributed by atoms with Crippen LogP contribution in [0.2, 0.25) is 0 Å². The Kier molecular flexibility index (Phi) is 6.27. The third-order valence-electron chi connectivity index (χ3n) is 4.23. The first-order valence-electron chi connectivity index (χ1n) is 7.41. The molecule has 2 heterocycles. The van der Waals surface area contributed by atoms with Crippen LogP contribution in [0.3, 0.4) is 0 Å². The molecule has 0 saturated carbocycles. The summed E-state index contributed by atoms with van der Waals surface area (Å²) in [5.41, 5.74) is 22.5. The minimum Gasteiger partial charge on any atom is -0.388 e. The van der Waals surface area contributed by atoms with Gasteiger partial charge in [0.15, 0.2) is 12.6 Å². The Labute approximate surface area is 133 Å². The molecule has 0 bridgehead atoms. The van der Waals surface area contributed by atoms with Gasteiger partial charge in [-0.2, -0.15) is 0 Å². The lowest BCUT2D eigenvalue weighted by molar-refractivity contribution is -0.337. The first-order valence-corrected chi connectivity index (χ1v) is 7.41. The zero-order valence-electron chi connectivity index (χ0n) is 12.5. The third-order valence-corrected chi connectivity index (χ3v) is 4.23. The Balaban J connectivity index is 2.07. The summed E-state index contributed by atoms with van der Waals surface area (Å²) in [5.74, 6) is 0. The minimum atomic E-state index is -1.32. The van der Waals surface area contributed by atoms with Gasteiger partial charge in [0.1, 0.15) is 36.6 Å². The quantitative estimate of drug-likeness (QED) is 0.242. The van der Waals surface area contributed by atoms with E-state index >= 15 is 0 Å². The highest BCUT2D eigenvalue weighted by molar-refractivity contribution is 4.95. The predicted molar refractivity (Wildman–Crippen MR) is 76.5 cm³/mol. The molecule has 0 unspecified atom stereocenters. The number of hydrogen-bond acceptors (Lipinski definition) is 11. The summed E-state index contributed by atoms with van der Waals surface area (Å²) in [5, 5.41) is 39.5. The number of nitrogens with two attached hydrogens (primary N) is 4. The molecule has 2 aliphatic heterocycles. The Morgan fingerprint density at radius 3 is 1.35 bits per heavy atom. The summed E-state index contributed by atoms with van der Waals surface area (Å²) in [7, 11) is 0. The average Bonchev–Trinajstić information content (AvgIpc) is 2.55. The standard InChI is InChI=1S/C12H26N4O7/c13-1-3-7(17)9(19)5(15)11(21-3)23-12-6(16)10(20)8(18)4(2-14)22-12/h3-12,17-20H,1-2,13-16H2/t3-,4-,5-,6-,7-,8-,9-,10-,11-,12-/m1/s1. The van der Waals surface area contributed by atoms with Crippen molar-refractivity contribution in [3.8, 4) is 0 Å². The number of aliphatic hydroxyl groups excluding tert-OH is 4. The fourth-order valence-corrected chi connectivity index (χ4v) is 2.67. The minimum absolute atomic E-state index is 0.0604. The van der Waals surface area contributed by atoms with Gasteiger partial charge in [-0.25, -0.2) is 0 Å². The molecule has 0 radical (unpaired) electrons. The summed E-state index contributed by atoms with van der Waals surface area (Å²) in [6, 6.07) is -2.16. The summed E-state index contributed by atoms with van der Waals surface area (Å²) in [6.45, 7) is -0.121. The first kappa shape index (κ1) is 18.9. The van der Waals surface area contributed by atoms with Crippen molar-refractivity contribution in [1.29, 1.82) is 0 Å². The van der Waals surface area contributed by atoms with Gasteiger partial charge in [0.05, 0.1) is 12.1 Å². The van der Waals surface area contributed by atoms with Crippen molar-refractivity contribution in [3.05, 3.63) is 0 Å². The van der Waals surface area contributed by atoms with Crippen molar-refractivity contribution in [2.75, 3.05) is 13.1 Å². The SMILES string of the molecule is NC[C@H]1O[C@H](O[C@H]2O[C@H](CN)[C@@H](O)[C@H](O)[C@H]2N)[C@H](N)[C@@H](O)[C@@H]1O. The second kappa shape index (κ2) is 7.63. The average molecular weight is 338 g/mol. The lowest BCUT2D eigenvalue weighted by Crippen LogP contribution is -2.67. The van der Waals surface area contributed by atoms with Gasteiger partial charge in [-0.3, -0.25) is 0 Å². The van der Waals surface area contributed by atoms with Crippen LogP contribution in [-0.4, -0.2) is 94.8 Å². The smallest absolute Gasteiger partial charge is 0.178 e. The maximum Gasteiger partial charge on any atom is 0.178 e. The van der Waals surface area contributed by atoms with E-state index < -0.39 is 61.3 Å². The molecule has 11 heteroatoms. The van der Waals surface area contributed by atoms with Crippen LogP contribution >= 0.6 is 0 Å². The second-order valence-electron chi connectivity index (χ2n) is 5.81. The van der Waals surface area contributed by atoms with Gasteiger partial charge in [-0.1, -0.05) is 0 Å². The van der Waals surface area contributed by atoms with Gasteiger partial charge < -0.3 is 57.6 Å². The Morgan fingerprint density at radius 2 is 1.04 bits per heavy atom. The van der Waals surface area contributed by atoms with Crippen molar-refractivity contribution in [3.63, 3.8) is 0 Å². The summed E-state index contributed by atoms with van der Waals surface area (Å²) >= 11 is 0. The molecule has 136 valence electrons. The van der Waals surface area contributed by atoms with Gasteiger partial charge in [0, 0.05) is 13.1 Å². The summed E-state index contributed by atoms with van der Waals surface area (Å²) in [6.07, 6.45) is -9.23. The molecule has 11 nitrogen and oxygen atoms in total. The van der Waals surface area contributed by atoms with E-state index in [9.17, 15) is 20.4 Å². The van der Waals surface area contributed by atoms with Crippen LogP contribution < -0.4 is 22.9 Å². The van der Waals surface area contributed by atoms with Crippen molar-refractivity contribution >= 4 is 0 Å². The molecule has 2 fully saturated rings. The molecule has 0 aromatic rings. The fraction of sp³-hybridized carbons (Fsp3) is 1.00. The molecule has 12 N–H and O–H groups in total. The molecule has 10 atom stereocenters. The molecule has 0 aromatic heterocycles. The van der Waals surface area contributed by atoms with Gasteiger partial charge >= 0.3 is 0 Å². The summed E-state index contributed by atoms with van der Waals surface area (Å²) in [4.78, 5) is 0. The van der Waals surface area contributed by atoms with E-state index in [1.807, 2.05) is 0 Å². The number of hydrogen-bond donors (Lipinski definition) is 8. The van der Waals surface area contributed by atoms with E-state index in [-0.39, 0.29) is 13.1 Å². The molecule has 23 heavy (non-hydrogen) atoms. The monoisotopic (exact) mass is 338 g/mol. The van der Waals surface area contributed by atoms with Gasteiger partial charge in [-0.15, -0.1) is 0 Å². The lowest BCUT2D eigenvalue weighted by atomic mass is 9.96. The Morgan fingerprint density at radius 1 is 0.696 bits per heavy atom. The number of aliphatic hydroxyl groups is 4. The van der Waals surface area contributed by atoms with Crippen molar-refractivity contribution < 1.29 is 34.6 Å². The molecule has 0 amide bonds. The van der Waals surface area contributed by atoms with Gasteiger partial charge in [0.25, 0.3) is 0 Å². The van der Waals surface area contributed by atoms with E-state index in [1.54, 1.807) is 0 Å². The van der Waals surface area contributed by atoms with Gasteiger partial charge in [-0.05, 0) is 0 Å². The Hall–Kier alpha value is -0.440. The highest BCUT2D eigenvalue weighted by Crippen LogP contribution is 2.26. The molecular weight excluding hydrogens is 312 g/mol. The van der Waals surface area contributed by atoms with Crippen molar-refractivity contribution in [1.82, 2.24) is 0 Å². The van der Waals surface area contributed by atoms with E-state index in [2.05, 4.69) is 0 Å². The number of rotatable bonds is 4. The molecule has 0 aromatic carbocycles. The van der Waals surface area contributed by atoms with Crippen LogP contribution in [0.1, 0.15) is 0 Å². The van der Waals surface area contributed by atoms with Crippen molar-refractivity contribution in [2.24, 2.45) is 22.9 Å². The normalized spacial score (nSPS) is 51.7. The zero-order valence-corrected chi connectivity index (χ0v) is 12.5. The number of ether oxygens (including phenoxy) is 3. The van der Waals surface area contributed by atoms with Crippen LogP contribution in [-0.2, 0) is 14.2 Å². The molecule has 2 aliphatic rings.